The number of rotatable bonds is 5. The molecule has 1 saturated heterocycles. The van der Waals surface area contributed by atoms with Crippen LogP contribution in [0.2, 0.25) is 0 Å². The Morgan fingerprint density at radius 1 is 1.32 bits per heavy atom. The molecule has 1 aromatic heterocycles. The molecule has 5 nitrogen and oxygen atoms in total. The number of carbonyl (C=O) groups excluding carboxylic acids is 2. The SMILES string of the molecule is Cc1ccccc1[C@@H]1[C@@H](C(=O)NCCc2cccs2)OCC(=O)N1C. The van der Waals surface area contributed by atoms with Gasteiger partial charge in [0.2, 0.25) is 5.91 Å². The fourth-order valence-electron chi connectivity index (χ4n) is 3.09. The lowest BCUT2D eigenvalue weighted by atomic mass is 9.94. The lowest BCUT2D eigenvalue weighted by molar-refractivity contribution is -0.162. The molecule has 3 rings (SSSR count). The van der Waals surface area contributed by atoms with Gasteiger partial charge in [0.05, 0.1) is 6.04 Å². The molecule has 0 spiro atoms. The number of ether oxygens (including phenoxy) is 1. The van der Waals surface area contributed by atoms with Crippen LogP contribution in [-0.2, 0) is 20.7 Å². The first kappa shape index (κ1) is 17.6. The molecular weight excluding hydrogens is 336 g/mol. The smallest absolute Gasteiger partial charge is 0.251 e. The number of amides is 2. The van der Waals surface area contributed by atoms with E-state index in [-0.39, 0.29) is 18.4 Å². The van der Waals surface area contributed by atoms with Crippen LogP contribution >= 0.6 is 11.3 Å². The van der Waals surface area contributed by atoms with Gasteiger partial charge in [-0.25, -0.2) is 0 Å². The van der Waals surface area contributed by atoms with Crippen LogP contribution in [-0.4, -0.2) is 43.0 Å². The van der Waals surface area contributed by atoms with Crippen molar-refractivity contribution in [1.29, 1.82) is 0 Å². The molecule has 1 aromatic carbocycles. The van der Waals surface area contributed by atoms with Crippen molar-refractivity contribution in [3.8, 4) is 0 Å². The highest BCUT2D eigenvalue weighted by Gasteiger charge is 2.40. The van der Waals surface area contributed by atoms with Crippen molar-refractivity contribution in [1.82, 2.24) is 10.2 Å². The summed E-state index contributed by atoms with van der Waals surface area (Å²) in [6, 6.07) is 11.4. The van der Waals surface area contributed by atoms with Gasteiger partial charge >= 0.3 is 0 Å². The molecule has 0 saturated carbocycles. The number of thiophene rings is 1. The lowest BCUT2D eigenvalue weighted by Gasteiger charge is -2.38. The minimum absolute atomic E-state index is 0.0676. The maximum absolute atomic E-state index is 12.7. The first-order valence-corrected chi connectivity index (χ1v) is 9.19. The number of hydrogen-bond donors (Lipinski definition) is 1. The van der Waals surface area contributed by atoms with Gasteiger partial charge in [0, 0.05) is 18.5 Å². The number of likely N-dealkylation sites (N-methyl/N-ethyl adjacent to an activating group) is 1. The van der Waals surface area contributed by atoms with Gasteiger partial charge in [0.1, 0.15) is 6.61 Å². The molecule has 2 aromatic rings. The van der Waals surface area contributed by atoms with Gasteiger partial charge in [-0.3, -0.25) is 9.59 Å². The second kappa shape index (κ2) is 7.80. The van der Waals surface area contributed by atoms with Crippen molar-refractivity contribution < 1.29 is 14.3 Å². The Balaban J connectivity index is 1.74. The van der Waals surface area contributed by atoms with Crippen LogP contribution in [0.15, 0.2) is 41.8 Å². The highest BCUT2D eigenvalue weighted by molar-refractivity contribution is 7.09. The second-order valence-electron chi connectivity index (χ2n) is 6.16. The van der Waals surface area contributed by atoms with E-state index in [4.69, 9.17) is 4.74 Å². The zero-order valence-corrected chi connectivity index (χ0v) is 15.2. The largest absolute Gasteiger partial charge is 0.356 e. The second-order valence-corrected chi connectivity index (χ2v) is 7.19. The van der Waals surface area contributed by atoms with Gasteiger partial charge in [-0.1, -0.05) is 30.3 Å². The Kier molecular flexibility index (Phi) is 5.50. The van der Waals surface area contributed by atoms with E-state index in [2.05, 4.69) is 11.4 Å². The van der Waals surface area contributed by atoms with Gasteiger partial charge in [-0.2, -0.15) is 0 Å². The predicted molar refractivity (Wildman–Crippen MR) is 97.5 cm³/mol. The van der Waals surface area contributed by atoms with E-state index in [9.17, 15) is 9.59 Å². The Morgan fingerprint density at radius 3 is 2.84 bits per heavy atom. The molecule has 1 N–H and O–H groups in total. The zero-order chi connectivity index (χ0) is 17.8. The average molecular weight is 358 g/mol. The maximum atomic E-state index is 12.7. The van der Waals surface area contributed by atoms with Crippen LogP contribution in [0.4, 0.5) is 0 Å². The van der Waals surface area contributed by atoms with Crippen LogP contribution in [0.1, 0.15) is 22.0 Å². The van der Waals surface area contributed by atoms with Gasteiger partial charge in [0.15, 0.2) is 6.10 Å². The molecule has 0 aliphatic carbocycles. The normalized spacial score (nSPS) is 20.6. The van der Waals surface area contributed by atoms with Gasteiger partial charge < -0.3 is 15.0 Å². The van der Waals surface area contributed by atoms with Crippen molar-refractivity contribution in [2.75, 3.05) is 20.2 Å². The molecule has 2 heterocycles. The number of aryl methyl sites for hydroxylation is 1. The number of benzene rings is 1. The van der Waals surface area contributed by atoms with Gasteiger partial charge in [-0.05, 0) is 35.9 Å². The summed E-state index contributed by atoms with van der Waals surface area (Å²) in [7, 11) is 1.73. The van der Waals surface area contributed by atoms with Crippen molar-refractivity contribution >= 4 is 23.2 Å². The summed E-state index contributed by atoms with van der Waals surface area (Å²) in [5.41, 5.74) is 1.98. The van der Waals surface area contributed by atoms with Crippen molar-refractivity contribution in [3.63, 3.8) is 0 Å². The molecule has 6 heteroatoms. The number of nitrogens with one attached hydrogen (secondary N) is 1. The third kappa shape index (κ3) is 3.91. The minimum Gasteiger partial charge on any atom is -0.356 e. The first-order chi connectivity index (χ1) is 12.1. The van der Waals surface area contributed by atoms with Crippen LogP contribution in [0.25, 0.3) is 0 Å². The molecule has 0 unspecified atom stereocenters. The lowest BCUT2D eigenvalue weighted by Crippen LogP contribution is -2.53. The van der Waals surface area contributed by atoms with E-state index >= 15 is 0 Å². The third-order valence-corrected chi connectivity index (χ3v) is 5.44. The van der Waals surface area contributed by atoms with Crippen molar-refractivity contribution in [2.45, 2.75) is 25.5 Å². The zero-order valence-electron chi connectivity index (χ0n) is 14.4. The van der Waals surface area contributed by atoms with Crippen LogP contribution < -0.4 is 5.32 Å². The van der Waals surface area contributed by atoms with E-state index in [1.54, 1.807) is 23.3 Å². The summed E-state index contributed by atoms with van der Waals surface area (Å²) < 4.78 is 5.63. The molecule has 2 amide bonds. The molecule has 25 heavy (non-hydrogen) atoms. The quantitative estimate of drug-likeness (QED) is 0.892. The standard InChI is InChI=1S/C19H22N2O3S/c1-13-6-3-4-8-15(13)17-18(24-12-16(22)21(17)2)19(23)20-10-9-14-7-5-11-25-14/h3-8,11,17-18H,9-10,12H2,1-2H3,(H,20,23)/t17-,18+/m1/s1. The predicted octanol–water partition coefficient (Wildman–Crippen LogP) is 2.31. The van der Waals surface area contributed by atoms with Crippen LogP contribution in [0.3, 0.4) is 0 Å². The Hall–Kier alpha value is -2.18. The summed E-state index contributed by atoms with van der Waals surface area (Å²) in [6.45, 7) is 2.47. The molecular formula is C19H22N2O3S. The molecule has 2 atom stereocenters. The molecule has 132 valence electrons. The van der Waals surface area contributed by atoms with E-state index in [0.29, 0.717) is 6.54 Å². The number of nitrogens with zero attached hydrogens (tertiary/aromatic N) is 1. The Bertz CT molecular complexity index is 745. The minimum atomic E-state index is -0.702. The maximum Gasteiger partial charge on any atom is 0.251 e. The molecule has 1 fully saturated rings. The fraction of sp³-hybridized carbons (Fsp3) is 0.368. The molecule has 0 bridgehead atoms. The highest BCUT2D eigenvalue weighted by atomic mass is 32.1. The van der Waals surface area contributed by atoms with E-state index in [0.717, 1.165) is 17.5 Å². The topological polar surface area (TPSA) is 58.6 Å². The van der Waals surface area contributed by atoms with Crippen LogP contribution in [0, 0.1) is 6.92 Å². The number of hydrogen-bond acceptors (Lipinski definition) is 4. The van der Waals surface area contributed by atoms with E-state index in [1.165, 1.54) is 4.88 Å². The summed E-state index contributed by atoms with van der Waals surface area (Å²) in [6.07, 6.45) is 0.0899. The number of morpholine rings is 1. The molecule has 0 radical (unpaired) electrons. The average Bonchev–Trinajstić information content (AvgIpc) is 3.11. The fourth-order valence-corrected chi connectivity index (χ4v) is 3.79. The first-order valence-electron chi connectivity index (χ1n) is 8.31. The Labute approximate surface area is 151 Å². The molecule has 1 aliphatic heterocycles. The van der Waals surface area contributed by atoms with Gasteiger partial charge in [-0.15, -0.1) is 11.3 Å². The van der Waals surface area contributed by atoms with E-state index in [1.807, 2.05) is 42.6 Å². The summed E-state index contributed by atoms with van der Waals surface area (Å²) >= 11 is 1.67. The summed E-state index contributed by atoms with van der Waals surface area (Å²) in [5.74, 6) is -0.292. The molecule has 1 aliphatic rings. The third-order valence-electron chi connectivity index (χ3n) is 4.50. The van der Waals surface area contributed by atoms with Crippen molar-refractivity contribution in [3.05, 3.63) is 57.8 Å². The number of carbonyl (C=O) groups is 2. The van der Waals surface area contributed by atoms with Gasteiger partial charge in [0.25, 0.3) is 5.91 Å². The highest BCUT2D eigenvalue weighted by Crippen LogP contribution is 2.31. The van der Waals surface area contributed by atoms with Crippen LogP contribution in [0.5, 0.6) is 0 Å². The summed E-state index contributed by atoms with van der Waals surface area (Å²) in [4.78, 5) is 27.7. The summed E-state index contributed by atoms with van der Waals surface area (Å²) in [5, 5.41) is 4.97. The van der Waals surface area contributed by atoms with Crippen molar-refractivity contribution in [2.24, 2.45) is 0 Å². The monoisotopic (exact) mass is 358 g/mol. The Morgan fingerprint density at radius 2 is 2.12 bits per heavy atom. The van der Waals surface area contributed by atoms with E-state index < -0.39 is 12.1 Å².